The van der Waals surface area contributed by atoms with Crippen LogP contribution in [0.1, 0.15) is 17.3 Å². The molecule has 0 heterocycles. The van der Waals surface area contributed by atoms with Crippen molar-refractivity contribution in [2.75, 3.05) is 10.6 Å². The Hall–Kier alpha value is -2.40. The minimum absolute atomic E-state index is 0.0329. The summed E-state index contributed by atoms with van der Waals surface area (Å²) in [6, 6.07) is 10.5. The van der Waals surface area contributed by atoms with Crippen LogP contribution in [0.25, 0.3) is 0 Å². The van der Waals surface area contributed by atoms with Crippen molar-refractivity contribution in [3.63, 3.8) is 0 Å². The summed E-state index contributed by atoms with van der Waals surface area (Å²) in [5, 5.41) is 5.16. The highest BCUT2D eigenvalue weighted by molar-refractivity contribution is 6.34. The predicted molar refractivity (Wildman–Crippen MR) is 80.1 cm³/mol. The molecule has 0 radical (unpaired) electrons. The second-order valence-corrected chi connectivity index (χ2v) is 4.72. The van der Waals surface area contributed by atoms with Crippen molar-refractivity contribution in [3.05, 3.63) is 58.9 Å². The molecular formula is C15H12ClFN2O2. The van der Waals surface area contributed by atoms with E-state index in [1.54, 1.807) is 24.3 Å². The summed E-state index contributed by atoms with van der Waals surface area (Å²) in [4.78, 5) is 23.1. The molecule has 0 aromatic heterocycles. The average molecular weight is 307 g/mol. The molecule has 2 amide bonds. The Labute approximate surface area is 125 Å². The fourth-order valence-corrected chi connectivity index (χ4v) is 2.04. The maximum Gasteiger partial charge on any atom is 0.260 e. The summed E-state index contributed by atoms with van der Waals surface area (Å²) in [7, 11) is 0. The lowest BCUT2D eigenvalue weighted by Gasteiger charge is -2.09. The van der Waals surface area contributed by atoms with Gasteiger partial charge in [-0.05, 0) is 30.3 Å². The molecule has 0 bridgehead atoms. The Kier molecular flexibility index (Phi) is 4.55. The number of halogens is 2. The Bertz CT molecular complexity index is 684. The molecule has 0 saturated heterocycles. The van der Waals surface area contributed by atoms with Crippen LogP contribution < -0.4 is 10.6 Å². The van der Waals surface area contributed by atoms with Crippen LogP contribution in [0.5, 0.6) is 0 Å². The van der Waals surface area contributed by atoms with Crippen LogP contribution in [-0.2, 0) is 4.79 Å². The first-order chi connectivity index (χ1) is 9.97. The van der Waals surface area contributed by atoms with Gasteiger partial charge >= 0.3 is 0 Å². The van der Waals surface area contributed by atoms with E-state index in [4.69, 9.17) is 11.6 Å². The van der Waals surface area contributed by atoms with Crippen molar-refractivity contribution >= 4 is 34.8 Å². The fourth-order valence-electron chi connectivity index (χ4n) is 1.79. The zero-order chi connectivity index (χ0) is 15.4. The Balaban J connectivity index is 2.22. The van der Waals surface area contributed by atoms with Crippen molar-refractivity contribution in [3.8, 4) is 0 Å². The van der Waals surface area contributed by atoms with E-state index in [0.29, 0.717) is 11.4 Å². The maximum atomic E-state index is 13.7. The first-order valence-electron chi connectivity index (χ1n) is 6.10. The number of carbonyl (C=O) groups excluding carboxylic acids is 2. The molecule has 2 aromatic carbocycles. The van der Waals surface area contributed by atoms with Crippen LogP contribution in [0.4, 0.5) is 15.8 Å². The second kappa shape index (κ2) is 6.37. The lowest BCUT2D eigenvalue weighted by Crippen LogP contribution is -2.14. The van der Waals surface area contributed by atoms with Gasteiger partial charge in [-0.1, -0.05) is 23.7 Å². The molecule has 2 aromatic rings. The molecule has 0 atom stereocenters. The largest absolute Gasteiger partial charge is 0.326 e. The first-order valence-corrected chi connectivity index (χ1v) is 6.48. The van der Waals surface area contributed by atoms with Gasteiger partial charge in [0.05, 0.1) is 10.6 Å². The Morgan fingerprint density at radius 3 is 2.29 bits per heavy atom. The topological polar surface area (TPSA) is 58.2 Å². The summed E-state index contributed by atoms with van der Waals surface area (Å²) >= 11 is 5.83. The molecule has 21 heavy (non-hydrogen) atoms. The zero-order valence-corrected chi connectivity index (χ0v) is 11.9. The first kappa shape index (κ1) is 15.0. The number of rotatable bonds is 3. The molecule has 108 valence electrons. The van der Waals surface area contributed by atoms with Gasteiger partial charge in [-0.2, -0.15) is 0 Å². The number of nitrogens with one attached hydrogen (secondary N) is 2. The van der Waals surface area contributed by atoms with E-state index in [-0.39, 0.29) is 16.5 Å². The molecule has 0 saturated carbocycles. The van der Waals surface area contributed by atoms with Gasteiger partial charge in [0.1, 0.15) is 5.82 Å². The molecule has 0 spiro atoms. The van der Waals surface area contributed by atoms with Gasteiger partial charge in [-0.3, -0.25) is 9.59 Å². The highest BCUT2D eigenvalue weighted by atomic mass is 35.5. The van der Waals surface area contributed by atoms with E-state index in [9.17, 15) is 14.0 Å². The summed E-state index contributed by atoms with van der Waals surface area (Å²) in [6.07, 6.45) is 0. The molecule has 6 heteroatoms. The highest BCUT2D eigenvalue weighted by Gasteiger charge is 2.15. The standard InChI is InChI=1S/C15H12ClFN2O2/c1-9(20)18-10-4-2-5-11(8-10)19-15(21)14-12(16)6-3-7-13(14)17/h2-8H,1H3,(H,18,20)(H,19,21). The second-order valence-electron chi connectivity index (χ2n) is 4.31. The van der Waals surface area contributed by atoms with E-state index in [0.717, 1.165) is 6.07 Å². The van der Waals surface area contributed by atoms with Crippen molar-refractivity contribution in [1.82, 2.24) is 0 Å². The van der Waals surface area contributed by atoms with Crippen LogP contribution in [0.3, 0.4) is 0 Å². The molecule has 0 unspecified atom stereocenters. The van der Waals surface area contributed by atoms with Crippen LogP contribution in [0, 0.1) is 5.82 Å². The normalized spacial score (nSPS) is 10.0. The number of hydrogen-bond donors (Lipinski definition) is 2. The zero-order valence-electron chi connectivity index (χ0n) is 11.1. The maximum absolute atomic E-state index is 13.7. The van der Waals surface area contributed by atoms with Crippen LogP contribution in [0.15, 0.2) is 42.5 Å². The lowest BCUT2D eigenvalue weighted by atomic mass is 10.2. The SMILES string of the molecule is CC(=O)Nc1cccc(NC(=O)c2c(F)cccc2Cl)c1. The predicted octanol–water partition coefficient (Wildman–Crippen LogP) is 3.69. The van der Waals surface area contributed by atoms with Gasteiger partial charge in [0.25, 0.3) is 5.91 Å². The van der Waals surface area contributed by atoms with Crippen molar-refractivity contribution in [2.45, 2.75) is 6.92 Å². The Morgan fingerprint density at radius 1 is 1.05 bits per heavy atom. The van der Waals surface area contributed by atoms with Gasteiger partial charge < -0.3 is 10.6 Å². The van der Waals surface area contributed by atoms with Crippen LogP contribution in [0.2, 0.25) is 5.02 Å². The summed E-state index contributed by atoms with van der Waals surface area (Å²) in [5.74, 6) is -1.58. The monoisotopic (exact) mass is 306 g/mol. The molecule has 0 aliphatic rings. The highest BCUT2D eigenvalue weighted by Crippen LogP contribution is 2.21. The van der Waals surface area contributed by atoms with E-state index in [1.807, 2.05) is 0 Å². The number of anilines is 2. The van der Waals surface area contributed by atoms with Gasteiger partial charge in [0.15, 0.2) is 0 Å². The van der Waals surface area contributed by atoms with Gasteiger partial charge in [0, 0.05) is 18.3 Å². The molecule has 4 nitrogen and oxygen atoms in total. The minimum Gasteiger partial charge on any atom is -0.326 e. The quantitative estimate of drug-likeness (QED) is 0.908. The number of benzene rings is 2. The fraction of sp³-hybridized carbons (Fsp3) is 0.0667. The molecule has 0 aliphatic carbocycles. The van der Waals surface area contributed by atoms with Crippen LogP contribution >= 0.6 is 11.6 Å². The van der Waals surface area contributed by atoms with E-state index in [1.165, 1.54) is 19.1 Å². The molecular weight excluding hydrogens is 295 g/mol. The molecule has 0 aliphatic heterocycles. The molecule has 2 N–H and O–H groups in total. The van der Waals surface area contributed by atoms with Crippen molar-refractivity contribution in [1.29, 1.82) is 0 Å². The average Bonchev–Trinajstić information content (AvgIpc) is 2.37. The number of amides is 2. The van der Waals surface area contributed by atoms with Gasteiger partial charge in [-0.15, -0.1) is 0 Å². The van der Waals surface area contributed by atoms with Crippen molar-refractivity contribution in [2.24, 2.45) is 0 Å². The van der Waals surface area contributed by atoms with E-state index in [2.05, 4.69) is 10.6 Å². The summed E-state index contributed by atoms with van der Waals surface area (Å²) in [5.41, 5.74) is 0.731. The number of hydrogen-bond acceptors (Lipinski definition) is 2. The van der Waals surface area contributed by atoms with Crippen LogP contribution in [-0.4, -0.2) is 11.8 Å². The van der Waals surface area contributed by atoms with Gasteiger partial charge in [-0.25, -0.2) is 4.39 Å². The third-order valence-corrected chi connectivity index (χ3v) is 2.95. The minimum atomic E-state index is -0.696. The summed E-state index contributed by atoms with van der Waals surface area (Å²) in [6.45, 7) is 1.38. The lowest BCUT2D eigenvalue weighted by molar-refractivity contribution is -0.114. The third kappa shape index (κ3) is 3.79. The Morgan fingerprint density at radius 2 is 1.67 bits per heavy atom. The van der Waals surface area contributed by atoms with Gasteiger partial charge in [0.2, 0.25) is 5.91 Å². The number of carbonyl (C=O) groups is 2. The third-order valence-electron chi connectivity index (χ3n) is 2.63. The molecule has 2 rings (SSSR count). The smallest absolute Gasteiger partial charge is 0.260 e. The van der Waals surface area contributed by atoms with Crippen molar-refractivity contribution < 1.29 is 14.0 Å². The van der Waals surface area contributed by atoms with E-state index < -0.39 is 11.7 Å². The van der Waals surface area contributed by atoms with E-state index >= 15 is 0 Å². The summed E-state index contributed by atoms with van der Waals surface area (Å²) < 4.78 is 13.7. The molecule has 0 fully saturated rings.